The van der Waals surface area contributed by atoms with E-state index in [1.807, 2.05) is 24.5 Å². The average molecular weight is 231 g/mol. The molecule has 0 bridgehead atoms. The molecule has 0 unspecified atom stereocenters. The zero-order valence-corrected chi connectivity index (χ0v) is 10.4. The summed E-state index contributed by atoms with van der Waals surface area (Å²) in [7, 11) is 0. The van der Waals surface area contributed by atoms with Gasteiger partial charge in [0.15, 0.2) is 0 Å². The van der Waals surface area contributed by atoms with Crippen molar-refractivity contribution in [3.63, 3.8) is 0 Å². The van der Waals surface area contributed by atoms with Crippen molar-refractivity contribution in [1.82, 2.24) is 4.57 Å². The summed E-state index contributed by atoms with van der Waals surface area (Å²) in [5.74, 6) is -0.855. The van der Waals surface area contributed by atoms with Crippen molar-refractivity contribution in [2.45, 2.75) is 33.7 Å². The third kappa shape index (κ3) is 1.93. The van der Waals surface area contributed by atoms with E-state index < -0.39 is 5.97 Å². The number of carboxylic acids is 1. The molecule has 0 atom stereocenters. The lowest BCUT2D eigenvalue weighted by molar-refractivity contribution is 0.0685. The summed E-state index contributed by atoms with van der Waals surface area (Å²) in [5, 5.41) is 10.3. The standard InChI is InChI=1S/C14H17NO2/c1-4-5-15-12(14(16)17)8-11-7-9(2)6-10(3)13(11)15/h6-8H,4-5H2,1-3H3,(H,16,17). The Kier molecular flexibility index (Phi) is 2.92. The van der Waals surface area contributed by atoms with Crippen molar-refractivity contribution < 1.29 is 9.90 Å². The van der Waals surface area contributed by atoms with Crippen LogP contribution in [0.1, 0.15) is 35.0 Å². The SMILES string of the molecule is CCCn1c(C(=O)O)cc2cc(C)cc(C)c21. The predicted octanol–water partition coefficient (Wildman–Crippen LogP) is 3.37. The molecule has 1 aromatic carbocycles. The van der Waals surface area contributed by atoms with Crippen molar-refractivity contribution in [2.24, 2.45) is 0 Å². The van der Waals surface area contributed by atoms with Gasteiger partial charge in [0.25, 0.3) is 0 Å². The molecule has 90 valence electrons. The van der Waals surface area contributed by atoms with E-state index in [9.17, 15) is 9.90 Å². The zero-order valence-electron chi connectivity index (χ0n) is 10.4. The summed E-state index contributed by atoms with van der Waals surface area (Å²) in [6.07, 6.45) is 0.928. The number of nitrogens with zero attached hydrogens (tertiary/aromatic N) is 1. The summed E-state index contributed by atoms with van der Waals surface area (Å²) in [5.41, 5.74) is 3.74. The van der Waals surface area contributed by atoms with Gasteiger partial charge >= 0.3 is 5.97 Å². The molecule has 0 saturated carbocycles. The normalized spacial score (nSPS) is 11.0. The van der Waals surface area contributed by atoms with E-state index in [2.05, 4.69) is 13.0 Å². The maximum absolute atomic E-state index is 11.2. The number of carbonyl (C=O) groups is 1. The number of hydrogen-bond acceptors (Lipinski definition) is 1. The van der Waals surface area contributed by atoms with Crippen LogP contribution in [0.15, 0.2) is 18.2 Å². The molecule has 2 aromatic rings. The number of benzene rings is 1. The summed E-state index contributed by atoms with van der Waals surface area (Å²) in [4.78, 5) is 11.2. The summed E-state index contributed by atoms with van der Waals surface area (Å²) < 4.78 is 1.91. The zero-order chi connectivity index (χ0) is 12.6. The first-order chi connectivity index (χ1) is 8.04. The molecule has 0 radical (unpaired) electrons. The van der Waals surface area contributed by atoms with Gasteiger partial charge in [0.1, 0.15) is 5.69 Å². The molecule has 1 heterocycles. The second-order valence-corrected chi connectivity index (χ2v) is 4.51. The van der Waals surface area contributed by atoms with E-state index in [4.69, 9.17) is 0 Å². The Hall–Kier alpha value is -1.77. The Morgan fingerprint density at radius 1 is 1.29 bits per heavy atom. The van der Waals surface area contributed by atoms with Crippen LogP contribution in [0.4, 0.5) is 0 Å². The first kappa shape index (κ1) is 11.7. The topological polar surface area (TPSA) is 42.2 Å². The molecule has 0 saturated heterocycles. The molecule has 1 aromatic heterocycles. The van der Waals surface area contributed by atoms with E-state index in [1.54, 1.807) is 6.07 Å². The Morgan fingerprint density at radius 3 is 2.59 bits per heavy atom. The summed E-state index contributed by atoms with van der Waals surface area (Å²) >= 11 is 0. The summed E-state index contributed by atoms with van der Waals surface area (Å²) in [6.45, 7) is 6.87. The fourth-order valence-corrected chi connectivity index (χ4v) is 2.45. The van der Waals surface area contributed by atoms with Crippen LogP contribution in [0.5, 0.6) is 0 Å². The first-order valence-electron chi connectivity index (χ1n) is 5.88. The molecule has 0 fully saturated rings. The number of aryl methyl sites for hydroxylation is 3. The Bertz CT molecular complexity index is 581. The van der Waals surface area contributed by atoms with E-state index in [0.29, 0.717) is 5.69 Å². The second-order valence-electron chi connectivity index (χ2n) is 4.51. The first-order valence-corrected chi connectivity index (χ1v) is 5.88. The van der Waals surface area contributed by atoms with Crippen LogP contribution < -0.4 is 0 Å². The lowest BCUT2D eigenvalue weighted by Crippen LogP contribution is -2.08. The van der Waals surface area contributed by atoms with Crippen LogP contribution in [0.3, 0.4) is 0 Å². The third-order valence-electron chi connectivity index (χ3n) is 2.99. The molecule has 3 heteroatoms. The minimum atomic E-state index is -0.855. The molecule has 3 nitrogen and oxygen atoms in total. The largest absolute Gasteiger partial charge is 0.477 e. The van der Waals surface area contributed by atoms with Gasteiger partial charge in [-0.3, -0.25) is 0 Å². The van der Waals surface area contributed by atoms with Crippen LogP contribution >= 0.6 is 0 Å². The second kappa shape index (κ2) is 4.24. The van der Waals surface area contributed by atoms with Gasteiger partial charge in [-0.05, 0) is 38.0 Å². The monoisotopic (exact) mass is 231 g/mol. The van der Waals surface area contributed by atoms with E-state index in [1.165, 1.54) is 5.56 Å². The van der Waals surface area contributed by atoms with Gasteiger partial charge in [-0.1, -0.05) is 18.6 Å². The Balaban J connectivity index is 2.80. The molecule has 17 heavy (non-hydrogen) atoms. The molecular weight excluding hydrogens is 214 g/mol. The van der Waals surface area contributed by atoms with Crippen molar-refractivity contribution >= 4 is 16.9 Å². The predicted molar refractivity (Wildman–Crippen MR) is 68.7 cm³/mol. The van der Waals surface area contributed by atoms with Gasteiger partial charge in [0, 0.05) is 11.9 Å². The average Bonchev–Trinajstić information content (AvgIpc) is 2.57. The van der Waals surface area contributed by atoms with E-state index in [0.717, 1.165) is 29.4 Å². The maximum atomic E-state index is 11.2. The van der Waals surface area contributed by atoms with Crippen LogP contribution in [0.25, 0.3) is 10.9 Å². The number of aromatic nitrogens is 1. The highest BCUT2D eigenvalue weighted by Crippen LogP contribution is 2.25. The fraction of sp³-hybridized carbons (Fsp3) is 0.357. The van der Waals surface area contributed by atoms with Crippen LogP contribution in [-0.4, -0.2) is 15.6 Å². The fourth-order valence-electron chi connectivity index (χ4n) is 2.45. The van der Waals surface area contributed by atoms with Gasteiger partial charge in [-0.2, -0.15) is 0 Å². The number of hydrogen-bond donors (Lipinski definition) is 1. The molecule has 0 spiro atoms. The highest BCUT2D eigenvalue weighted by atomic mass is 16.4. The third-order valence-corrected chi connectivity index (χ3v) is 2.99. The number of fused-ring (bicyclic) bond motifs is 1. The van der Waals surface area contributed by atoms with Crippen molar-refractivity contribution in [3.8, 4) is 0 Å². The van der Waals surface area contributed by atoms with E-state index >= 15 is 0 Å². The highest BCUT2D eigenvalue weighted by molar-refractivity contribution is 5.96. The lowest BCUT2D eigenvalue weighted by Gasteiger charge is -2.09. The lowest BCUT2D eigenvalue weighted by atomic mass is 10.1. The minimum Gasteiger partial charge on any atom is -0.477 e. The van der Waals surface area contributed by atoms with Crippen molar-refractivity contribution in [2.75, 3.05) is 0 Å². The Labute approximate surface area is 101 Å². The number of aromatic carboxylic acids is 1. The molecule has 0 amide bonds. The molecule has 0 aliphatic heterocycles. The smallest absolute Gasteiger partial charge is 0.352 e. The molecule has 2 rings (SSSR count). The van der Waals surface area contributed by atoms with Crippen molar-refractivity contribution in [3.05, 3.63) is 35.0 Å². The van der Waals surface area contributed by atoms with Gasteiger partial charge in [-0.25, -0.2) is 4.79 Å². The molecule has 1 N–H and O–H groups in total. The quantitative estimate of drug-likeness (QED) is 0.880. The Morgan fingerprint density at radius 2 is 2.00 bits per heavy atom. The van der Waals surface area contributed by atoms with Gasteiger partial charge in [0.05, 0.1) is 5.52 Å². The molecule has 0 aliphatic rings. The number of carboxylic acid groups (broad SMARTS) is 1. The van der Waals surface area contributed by atoms with Gasteiger partial charge < -0.3 is 9.67 Å². The minimum absolute atomic E-state index is 0.385. The van der Waals surface area contributed by atoms with E-state index in [-0.39, 0.29) is 0 Å². The van der Waals surface area contributed by atoms with Gasteiger partial charge in [0.2, 0.25) is 0 Å². The molecular formula is C14H17NO2. The number of rotatable bonds is 3. The van der Waals surface area contributed by atoms with Crippen LogP contribution in [0, 0.1) is 13.8 Å². The van der Waals surface area contributed by atoms with Crippen LogP contribution in [-0.2, 0) is 6.54 Å². The molecule has 0 aliphatic carbocycles. The summed E-state index contributed by atoms with van der Waals surface area (Å²) in [6, 6.07) is 5.91. The maximum Gasteiger partial charge on any atom is 0.352 e. The van der Waals surface area contributed by atoms with Crippen LogP contribution in [0.2, 0.25) is 0 Å². The van der Waals surface area contributed by atoms with Gasteiger partial charge in [-0.15, -0.1) is 0 Å². The highest BCUT2D eigenvalue weighted by Gasteiger charge is 2.15. The van der Waals surface area contributed by atoms with Crippen molar-refractivity contribution in [1.29, 1.82) is 0 Å².